The molecular formula is C11H13BrO2. The lowest BCUT2D eigenvalue weighted by Gasteiger charge is -2.12. The molecule has 0 amide bonds. The lowest BCUT2D eigenvalue weighted by Crippen LogP contribution is -2.05. The van der Waals surface area contributed by atoms with Gasteiger partial charge in [0.2, 0.25) is 0 Å². The minimum atomic E-state index is 0.136. The van der Waals surface area contributed by atoms with Crippen molar-refractivity contribution < 1.29 is 9.47 Å². The maximum Gasteiger partial charge on any atom is 0.104 e. The molecule has 2 nitrogen and oxygen atoms in total. The van der Waals surface area contributed by atoms with Gasteiger partial charge in [-0.3, -0.25) is 0 Å². The van der Waals surface area contributed by atoms with Gasteiger partial charge in [-0.25, -0.2) is 0 Å². The van der Waals surface area contributed by atoms with Crippen LogP contribution in [-0.2, 0) is 9.47 Å². The third kappa shape index (κ3) is 2.80. The van der Waals surface area contributed by atoms with Gasteiger partial charge in [0.25, 0.3) is 0 Å². The Kier molecular flexibility index (Phi) is 3.21. The summed E-state index contributed by atoms with van der Waals surface area (Å²) < 4.78 is 11.8. The molecule has 1 fully saturated rings. The van der Waals surface area contributed by atoms with Crippen LogP contribution in [0.2, 0.25) is 0 Å². The Morgan fingerprint density at radius 1 is 1.64 bits per heavy atom. The van der Waals surface area contributed by atoms with Crippen LogP contribution in [0.1, 0.15) is 18.6 Å². The number of hydrogen-bond acceptors (Lipinski definition) is 2. The molecule has 1 aliphatic heterocycles. The van der Waals surface area contributed by atoms with E-state index in [1.54, 1.807) is 0 Å². The van der Waals surface area contributed by atoms with E-state index in [0.29, 0.717) is 12.7 Å². The van der Waals surface area contributed by atoms with Crippen molar-refractivity contribution in [2.75, 3.05) is 13.2 Å². The van der Waals surface area contributed by atoms with Gasteiger partial charge in [-0.2, -0.15) is 0 Å². The highest BCUT2D eigenvalue weighted by Crippen LogP contribution is 2.22. The minimum Gasteiger partial charge on any atom is -0.371 e. The van der Waals surface area contributed by atoms with Crippen LogP contribution in [0.3, 0.4) is 0 Å². The van der Waals surface area contributed by atoms with Crippen LogP contribution in [0.4, 0.5) is 0 Å². The number of epoxide rings is 1. The second-order valence-corrected chi connectivity index (χ2v) is 4.40. The molecule has 1 heterocycles. The molecule has 76 valence electrons. The molecule has 0 bridgehead atoms. The van der Waals surface area contributed by atoms with Gasteiger partial charge in [-0.1, -0.05) is 28.1 Å². The molecule has 1 saturated heterocycles. The van der Waals surface area contributed by atoms with E-state index in [1.807, 2.05) is 12.1 Å². The first kappa shape index (κ1) is 10.1. The normalized spacial score (nSPS) is 22.0. The first-order valence-corrected chi connectivity index (χ1v) is 5.53. The fourth-order valence-electron chi connectivity index (χ4n) is 1.27. The first-order valence-electron chi connectivity index (χ1n) is 4.74. The summed E-state index contributed by atoms with van der Waals surface area (Å²) >= 11 is 3.44. The zero-order valence-electron chi connectivity index (χ0n) is 8.07. The lowest BCUT2D eigenvalue weighted by molar-refractivity contribution is 0.0539. The summed E-state index contributed by atoms with van der Waals surface area (Å²) in [5, 5.41) is 0. The summed E-state index contributed by atoms with van der Waals surface area (Å²) in [4.78, 5) is 0. The van der Waals surface area contributed by atoms with Gasteiger partial charge in [0.15, 0.2) is 0 Å². The monoisotopic (exact) mass is 256 g/mol. The molecule has 14 heavy (non-hydrogen) atoms. The maximum atomic E-state index is 5.66. The molecule has 0 aliphatic carbocycles. The Morgan fingerprint density at radius 2 is 2.43 bits per heavy atom. The first-order chi connectivity index (χ1) is 6.75. The van der Waals surface area contributed by atoms with Crippen molar-refractivity contribution >= 4 is 15.9 Å². The second-order valence-electron chi connectivity index (χ2n) is 3.49. The molecule has 2 atom stereocenters. The summed E-state index contributed by atoms with van der Waals surface area (Å²) in [6.07, 6.45) is 0.473. The van der Waals surface area contributed by atoms with E-state index >= 15 is 0 Å². The van der Waals surface area contributed by atoms with Crippen LogP contribution in [0.25, 0.3) is 0 Å². The van der Waals surface area contributed by atoms with Gasteiger partial charge in [0, 0.05) is 4.47 Å². The van der Waals surface area contributed by atoms with Crippen LogP contribution in [0.15, 0.2) is 28.7 Å². The molecule has 0 aromatic heterocycles. The Labute approximate surface area is 92.3 Å². The lowest BCUT2D eigenvalue weighted by atomic mass is 10.1. The SMILES string of the molecule is CC(OCC1CO1)c1cccc(Br)c1. The topological polar surface area (TPSA) is 21.8 Å². The second kappa shape index (κ2) is 4.43. The number of hydrogen-bond donors (Lipinski definition) is 0. The van der Waals surface area contributed by atoms with E-state index in [9.17, 15) is 0 Å². The highest BCUT2D eigenvalue weighted by atomic mass is 79.9. The van der Waals surface area contributed by atoms with E-state index in [2.05, 4.69) is 35.0 Å². The number of halogens is 1. The zero-order chi connectivity index (χ0) is 9.97. The van der Waals surface area contributed by atoms with Gasteiger partial charge < -0.3 is 9.47 Å². The van der Waals surface area contributed by atoms with Gasteiger partial charge >= 0.3 is 0 Å². The van der Waals surface area contributed by atoms with E-state index in [1.165, 1.54) is 5.56 Å². The van der Waals surface area contributed by atoms with Gasteiger partial charge in [-0.05, 0) is 24.6 Å². The van der Waals surface area contributed by atoms with Crippen molar-refractivity contribution in [3.63, 3.8) is 0 Å². The summed E-state index contributed by atoms with van der Waals surface area (Å²) in [6, 6.07) is 8.19. The van der Waals surface area contributed by atoms with Gasteiger partial charge in [0.05, 0.1) is 19.3 Å². The number of ether oxygens (including phenoxy) is 2. The number of rotatable bonds is 4. The summed E-state index contributed by atoms with van der Waals surface area (Å²) in [5.41, 5.74) is 1.19. The van der Waals surface area contributed by atoms with Crippen LogP contribution < -0.4 is 0 Å². The fraction of sp³-hybridized carbons (Fsp3) is 0.455. The van der Waals surface area contributed by atoms with Gasteiger partial charge in [-0.15, -0.1) is 0 Å². The average molecular weight is 257 g/mol. The predicted molar refractivity (Wildman–Crippen MR) is 58.2 cm³/mol. The predicted octanol–water partition coefficient (Wildman–Crippen LogP) is 2.93. The Balaban J connectivity index is 1.91. The van der Waals surface area contributed by atoms with Crippen molar-refractivity contribution in [3.8, 4) is 0 Å². The molecule has 2 unspecified atom stereocenters. The van der Waals surface area contributed by atoms with E-state index < -0.39 is 0 Å². The maximum absolute atomic E-state index is 5.66. The molecule has 0 saturated carbocycles. The van der Waals surface area contributed by atoms with Crippen molar-refractivity contribution in [2.24, 2.45) is 0 Å². The molecule has 3 heteroatoms. The van der Waals surface area contributed by atoms with Crippen LogP contribution in [0.5, 0.6) is 0 Å². The third-order valence-corrected chi connectivity index (χ3v) is 2.75. The van der Waals surface area contributed by atoms with Crippen molar-refractivity contribution in [1.82, 2.24) is 0 Å². The van der Waals surface area contributed by atoms with Crippen LogP contribution in [0, 0.1) is 0 Å². The molecule has 2 rings (SSSR count). The third-order valence-electron chi connectivity index (χ3n) is 2.25. The van der Waals surface area contributed by atoms with Crippen LogP contribution >= 0.6 is 15.9 Å². The number of benzene rings is 1. The fourth-order valence-corrected chi connectivity index (χ4v) is 1.69. The van der Waals surface area contributed by atoms with Crippen molar-refractivity contribution in [1.29, 1.82) is 0 Å². The summed E-state index contributed by atoms with van der Waals surface area (Å²) in [6.45, 7) is 3.61. The standard InChI is InChI=1S/C11H13BrO2/c1-8(13-6-11-7-14-11)9-3-2-4-10(12)5-9/h2-5,8,11H,6-7H2,1H3. The molecule has 0 spiro atoms. The Bertz CT molecular complexity index is 310. The summed E-state index contributed by atoms with van der Waals surface area (Å²) in [5.74, 6) is 0. The largest absolute Gasteiger partial charge is 0.371 e. The van der Waals surface area contributed by atoms with E-state index in [-0.39, 0.29) is 6.10 Å². The van der Waals surface area contributed by atoms with E-state index in [4.69, 9.17) is 9.47 Å². The Morgan fingerprint density at radius 3 is 3.07 bits per heavy atom. The molecular weight excluding hydrogens is 244 g/mol. The summed E-state index contributed by atoms with van der Waals surface area (Å²) in [7, 11) is 0. The van der Waals surface area contributed by atoms with Gasteiger partial charge in [0.1, 0.15) is 6.10 Å². The molecule has 1 aromatic rings. The molecule has 0 N–H and O–H groups in total. The van der Waals surface area contributed by atoms with Crippen molar-refractivity contribution in [2.45, 2.75) is 19.1 Å². The van der Waals surface area contributed by atoms with Crippen LogP contribution in [-0.4, -0.2) is 19.3 Å². The highest BCUT2D eigenvalue weighted by molar-refractivity contribution is 9.10. The quantitative estimate of drug-likeness (QED) is 0.773. The van der Waals surface area contributed by atoms with Crippen molar-refractivity contribution in [3.05, 3.63) is 34.3 Å². The molecule has 1 aliphatic rings. The average Bonchev–Trinajstić information content (AvgIpc) is 2.97. The smallest absolute Gasteiger partial charge is 0.104 e. The minimum absolute atomic E-state index is 0.136. The van der Waals surface area contributed by atoms with E-state index in [0.717, 1.165) is 11.1 Å². The molecule has 1 aromatic carbocycles. The Hall–Kier alpha value is -0.380. The highest BCUT2D eigenvalue weighted by Gasteiger charge is 2.23. The molecule has 0 radical (unpaired) electrons. The zero-order valence-corrected chi connectivity index (χ0v) is 9.66.